The number of amides is 1. The van der Waals surface area contributed by atoms with Crippen molar-refractivity contribution in [2.45, 2.75) is 26.3 Å². The van der Waals surface area contributed by atoms with Crippen molar-refractivity contribution in [3.63, 3.8) is 0 Å². The van der Waals surface area contributed by atoms with Gasteiger partial charge in [0.1, 0.15) is 5.75 Å². The van der Waals surface area contributed by atoms with Crippen LogP contribution in [0.4, 0.5) is 0 Å². The molecule has 2 atom stereocenters. The molecule has 2 fully saturated rings. The fraction of sp³-hybridized carbons (Fsp3) is 0.588. The van der Waals surface area contributed by atoms with E-state index < -0.39 is 0 Å². The number of rotatable bonds is 3. The molecule has 1 aromatic carbocycles. The van der Waals surface area contributed by atoms with Crippen LogP contribution in [-0.4, -0.2) is 42.6 Å². The smallest absolute Gasteiger partial charge is 0.258 e. The average molecular weight is 288 g/mol. The number of benzene rings is 1. The molecule has 2 heterocycles. The summed E-state index contributed by atoms with van der Waals surface area (Å²) in [6, 6.07) is 7.56. The van der Waals surface area contributed by atoms with E-state index >= 15 is 0 Å². The Kier molecular flexibility index (Phi) is 3.66. The molecule has 0 bridgehead atoms. The summed E-state index contributed by atoms with van der Waals surface area (Å²) in [5.41, 5.74) is 0.574. The Balaban J connectivity index is 1.89. The standard InChI is InChI=1S/C17H24N2O2/c1-4-21-15-8-6-5-7-13(15)16(20)19-11-12-9-18-10-14(12)17(19,2)3/h5-8,12,14,18H,4,9-11H2,1-3H3. The molecule has 2 aliphatic heterocycles. The highest BCUT2D eigenvalue weighted by atomic mass is 16.5. The van der Waals surface area contributed by atoms with Gasteiger partial charge in [0, 0.05) is 25.2 Å². The van der Waals surface area contributed by atoms with Crippen LogP contribution in [0.1, 0.15) is 31.1 Å². The summed E-state index contributed by atoms with van der Waals surface area (Å²) in [6.45, 7) is 9.75. The van der Waals surface area contributed by atoms with Crippen molar-refractivity contribution in [2.75, 3.05) is 26.2 Å². The van der Waals surface area contributed by atoms with E-state index in [9.17, 15) is 4.79 Å². The highest BCUT2D eigenvalue weighted by molar-refractivity contribution is 5.97. The lowest BCUT2D eigenvalue weighted by Gasteiger charge is -2.36. The third kappa shape index (κ3) is 2.31. The zero-order valence-corrected chi connectivity index (χ0v) is 13.1. The number of carbonyl (C=O) groups is 1. The monoisotopic (exact) mass is 288 g/mol. The number of hydrogen-bond acceptors (Lipinski definition) is 3. The summed E-state index contributed by atoms with van der Waals surface area (Å²) in [5, 5.41) is 3.45. The quantitative estimate of drug-likeness (QED) is 0.926. The predicted octanol–water partition coefficient (Wildman–Crippen LogP) is 2.16. The molecule has 0 spiro atoms. The van der Waals surface area contributed by atoms with E-state index in [-0.39, 0.29) is 11.4 Å². The number of hydrogen-bond donors (Lipinski definition) is 1. The summed E-state index contributed by atoms with van der Waals surface area (Å²) in [4.78, 5) is 15.1. The minimum Gasteiger partial charge on any atom is -0.493 e. The van der Waals surface area contributed by atoms with Crippen LogP contribution in [0, 0.1) is 11.8 Å². The molecule has 2 unspecified atom stereocenters. The van der Waals surface area contributed by atoms with E-state index in [4.69, 9.17) is 4.74 Å². The van der Waals surface area contributed by atoms with Crippen molar-refractivity contribution in [1.82, 2.24) is 10.2 Å². The largest absolute Gasteiger partial charge is 0.493 e. The van der Waals surface area contributed by atoms with E-state index in [0.717, 1.165) is 19.6 Å². The Morgan fingerprint density at radius 3 is 2.86 bits per heavy atom. The van der Waals surface area contributed by atoms with Crippen molar-refractivity contribution >= 4 is 5.91 Å². The number of nitrogens with zero attached hydrogens (tertiary/aromatic N) is 1. The van der Waals surface area contributed by atoms with Crippen molar-refractivity contribution in [3.8, 4) is 5.75 Å². The number of likely N-dealkylation sites (tertiary alicyclic amines) is 1. The zero-order valence-electron chi connectivity index (χ0n) is 13.1. The van der Waals surface area contributed by atoms with Crippen molar-refractivity contribution in [2.24, 2.45) is 11.8 Å². The third-order valence-corrected chi connectivity index (χ3v) is 5.02. The molecule has 4 nitrogen and oxygen atoms in total. The number of nitrogens with one attached hydrogen (secondary N) is 1. The van der Waals surface area contributed by atoms with Gasteiger partial charge in [-0.2, -0.15) is 0 Å². The summed E-state index contributed by atoms with van der Waals surface area (Å²) in [5.74, 6) is 1.90. The second kappa shape index (κ2) is 5.34. The van der Waals surface area contributed by atoms with Gasteiger partial charge in [-0.15, -0.1) is 0 Å². The highest BCUT2D eigenvalue weighted by Gasteiger charge is 2.51. The summed E-state index contributed by atoms with van der Waals surface area (Å²) < 4.78 is 5.62. The maximum Gasteiger partial charge on any atom is 0.258 e. The second-order valence-electron chi connectivity index (χ2n) is 6.52. The Bertz CT molecular complexity index is 541. The van der Waals surface area contributed by atoms with Gasteiger partial charge in [-0.25, -0.2) is 0 Å². The lowest BCUT2D eigenvalue weighted by Crippen LogP contribution is -2.47. The Hall–Kier alpha value is -1.55. The van der Waals surface area contributed by atoms with Gasteiger partial charge < -0.3 is 15.0 Å². The number of ether oxygens (including phenoxy) is 1. The summed E-state index contributed by atoms with van der Waals surface area (Å²) in [7, 11) is 0. The Labute approximate surface area is 126 Å². The van der Waals surface area contributed by atoms with Crippen LogP contribution >= 0.6 is 0 Å². The van der Waals surface area contributed by atoms with Gasteiger partial charge in [0.25, 0.3) is 5.91 Å². The minimum absolute atomic E-state index is 0.0958. The van der Waals surface area contributed by atoms with Crippen LogP contribution in [0.25, 0.3) is 0 Å². The van der Waals surface area contributed by atoms with Gasteiger partial charge in [-0.3, -0.25) is 4.79 Å². The molecule has 3 rings (SSSR count). The normalized spacial score (nSPS) is 26.7. The maximum absolute atomic E-state index is 13.0. The first-order valence-electron chi connectivity index (χ1n) is 7.80. The van der Waals surface area contributed by atoms with Crippen molar-refractivity contribution in [1.29, 1.82) is 0 Å². The van der Waals surface area contributed by atoms with E-state index in [0.29, 0.717) is 29.8 Å². The molecule has 2 aliphatic rings. The number of fused-ring (bicyclic) bond motifs is 1. The molecule has 0 aromatic heterocycles. The molecule has 1 amide bonds. The van der Waals surface area contributed by atoms with Gasteiger partial charge in [-0.05, 0) is 44.7 Å². The van der Waals surface area contributed by atoms with Gasteiger partial charge >= 0.3 is 0 Å². The molecule has 0 saturated carbocycles. The van der Waals surface area contributed by atoms with Crippen LogP contribution in [-0.2, 0) is 0 Å². The third-order valence-electron chi connectivity index (χ3n) is 5.02. The van der Waals surface area contributed by atoms with Gasteiger partial charge in [0.2, 0.25) is 0 Å². The molecule has 4 heteroatoms. The lowest BCUT2D eigenvalue weighted by atomic mass is 9.84. The SMILES string of the molecule is CCOc1ccccc1C(=O)N1CC2CNCC2C1(C)C. The summed E-state index contributed by atoms with van der Waals surface area (Å²) in [6.07, 6.45) is 0. The minimum atomic E-state index is -0.107. The first-order valence-corrected chi connectivity index (χ1v) is 7.80. The van der Waals surface area contributed by atoms with Gasteiger partial charge in [0.05, 0.1) is 12.2 Å². The zero-order chi connectivity index (χ0) is 15.0. The molecule has 0 radical (unpaired) electrons. The first kappa shape index (κ1) is 14.4. The Morgan fingerprint density at radius 2 is 2.14 bits per heavy atom. The summed E-state index contributed by atoms with van der Waals surface area (Å²) >= 11 is 0. The topological polar surface area (TPSA) is 41.6 Å². The molecule has 21 heavy (non-hydrogen) atoms. The molecule has 1 aromatic rings. The highest BCUT2D eigenvalue weighted by Crippen LogP contribution is 2.41. The van der Waals surface area contributed by atoms with E-state index in [1.807, 2.05) is 36.1 Å². The van der Waals surface area contributed by atoms with Crippen molar-refractivity contribution in [3.05, 3.63) is 29.8 Å². The average Bonchev–Trinajstić information content (AvgIpc) is 3.02. The van der Waals surface area contributed by atoms with Crippen LogP contribution in [0.5, 0.6) is 5.75 Å². The molecule has 2 saturated heterocycles. The lowest BCUT2D eigenvalue weighted by molar-refractivity contribution is 0.0599. The van der Waals surface area contributed by atoms with E-state index in [1.54, 1.807) is 0 Å². The molecule has 114 valence electrons. The van der Waals surface area contributed by atoms with Gasteiger partial charge in [-0.1, -0.05) is 12.1 Å². The van der Waals surface area contributed by atoms with Crippen molar-refractivity contribution < 1.29 is 9.53 Å². The molecule has 0 aliphatic carbocycles. The van der Waals surface area contributed by atoms with Crippen LogP contribution in [0.15, 0.2) is 24.3 Å². The molecular weight excluding hydrogens is 264 g/mol. The van der Waals surface area contributed by atoms with E-state index in [1.165, 1.54) is 0 Å². The van der Waals surface area contributed by atoms with Crippen LogP contribution < -0.4 is 10.1 Å². The van der Waals surface area contributed by atoms with E-state index in [2.05, 4.69) is 19.2 Å². The molecular formula is C17H24N2O2. The van der Waals surface area contributed by atoms with Crippen LogP contribution in [0.2, 0.25) is 0 Å². The van der Waals surface area contributed by atoms with Crippen LogP contribution in [0.3, 0.4) is 0 Å². The number of carbonyl (C=O) groups excluding carboxylic acids is 1. The Morgan fingerprint density at radius 1 is 1.38 bits per heavy atom. The number of para-hydroxylation sites is 1. The fourth-order valence-corrected chi connectivity index (χ4v) is 3.84. The predicted molar refractivity (Wildman–Crippen MR) is 82.6 cm³/mol. The second-order valence-corrected chi connectivity index (χ2v) is 6.52. The fourth-order valence-electron chi connectivity index (χ4n) is 3.84. The molecule has 1 N–H and O–H groups in total. The van der Waals surface area contributed by atoms with Gasteiger partial charge in [0.15, 0.2) is 0 Å². The first-order chi connectivity index (χ1) is 10.1. The maximum atomic E-state index is 13.0.